The van der Waals surface area contributed by atoms with E-state index in [-0.39, 0.29) is 0 Å². The van der Waals surface area contributed by atoms with E-state index in [1.165, 1.54) is 28.4 Å². The van der Waals surface area contributed by atoms with Crippen LogP contribution in [0, 0.1) is 0 Å². The number of nitrogens with one attached hydrogen (secondary N) is 2. The standard InChI is InChI=1S/C52H38N4O8.3ClH.Fe/c1-61-49(57)33-13-5-29(6-14-33)45-37-21-23-39(53-37)46(30-7-15-34(16-8-30)50(58)62-2)41-25-27-43(55-41)48(32-11-19-36(20-12-32)52(60)64-4)44-28-26-42(56-44)47(40-24-22-38(45)54-40)31-9-17-35(18-10-31)51(59)63-3;;;;/h5-28,53,56H,1-4H3;3*1H;/q;;;;+3/p-3. The first-order valence-corrected chi connectivity index (χ1v) is 25.0. The van der Waals surface area contributed by atoms with Crippen LogP contribution in [0.2, 0.25) is 0 Å². The number of halogens is 3. The second-order valence-electron chi connectivity index (χ2n) is 14.9. The number of aromatic amines is 2. The number of rotatable bonds is 8. The summed E-state index contributed by atoms with van der Waals surface area (Å²) >= 11 is -1.33. The van der Waals surface area contributed by atoms with E-state index in [0.717, 1.165) is 66.6 Å². The van der Waals surface area contributed by atoms with Gasteiger partial charge in [-0.25, -0.2) is 29.1 Å². The van der Waals surface area contributed by atoms with Gasteiger partial charge in [0, 0.05) is 44.3 Å². The van der Waals surface area contributed by atoms with Gasteiger partial charge < -0.3 is 28.9 Å². The molecule has 8 bridgehead atoms. The molecule has 0 radical (unpaired) electrons. The number of ether oxygens (including phenoxy) is 4. The van der Waals surface area contributed by atoms with Crippen molar-refractivity contribution in [3.8, 4) is 44.5 Å². The summed E-state index contributed by atoms with van der Waals surface area (Å²) in [5.74, 6) is -1.81. The number of hydrogen-bond donors (Lipinski definition) is 2. The van der Waals surface area contributed by atoms with Crippen molar-refractivity contribution in [2.45, 2.75) is 0 Å². The number of esters is 4. The third kappa shape index (κ3) is 9.89. The summed E-state index contributed by atoms with van der Waals surface area (Å²) in [6, 6.07) is 36.5. The molecule has 0 spiro atoms. The fraction of sp³-hybridized carbons (Fsp3) is 0.0769. The van der Waals surface area contributed by atoms with Gasteiger partial charge in [0.1, 0.15) is 0 Å². The Morgan fingerprint density at radius 1 is 0.368 bits per heavy atom. The van der Waals surface area contributed by atoms with Crippen LogP contribution in [0.4, 0.5) is 0 Å². The van der Waals surface area contributed by atoms with Crippen LogP contribution in [0.5, 0.6) is 0 Å². The van der Waals surface area contributed by atoms with Gasteiger partial charge >= 0.3 is 65.3 Å². The molecule has 9 rings (SSSR count). The minimum absolute atomic E-state index is 0.400. The van der Waals surface area contributed by atoms with E-state index < -0.39 is 35.0 Å². The fourth-order valence-electron chi connectivity index (χ4n) is 7.98. The molecular weight excluding hydrogens is 971 g/mol. The molecule has 68 heavy (non-hydrogen) atoms. The Morgan fingerprint density at radius 3 is 0.735 bits per heavy atom. The monoisotopic (exact) mass is 1010 g/mol. The summed E-state index contributed by atoms with van der Waals surface area (Å²) in [6.07, 6.45) is 7.80. The van der Waals surface area contributed by atoms with Gasteiger partial charge in [-0.2, -0.15) is 0 Å². The van der Waals surface area contributed by atoms with Gasteiger partial charge in [-0.3, -0.25) is 0 Å². The van der Waals surface area contributed by atoms with Gasteiger partial charge in [0.05, 0.1) is 73.5 Å². The molecule has 12 nitrogen and oxygen atoms in total. The summed E-state index contributed by atoms with van der Waals surface area (Å²) in [4.78, 5) is 67.9. The van der Waals surface area contributed by atoms with E-state index in [0.29, 0.717) is 45.0 Å². The van der Waals surface area contributed by atoms with Crippen LogP contribution in [-0.2, 0) is 30.1 Å². The van der Waals surface area contributed by atoms with Crippen molar-refractivity contribution in [2.24, 2.45) is 0 Å². The number of carbonyl (C=O) groups is 4. The van der Waals surface area contributed by atoms with Crippen LogP contribution in [-0.4, -0.2) is 72.3 Å². The Kier molecular flexibility index (Phi) is 14.4. The molecule has 2 aliphatic rings. The normalized spacial score (nSPS) is 11.5. The molecule has 16 heteroatoms. The van der Waals surface area contributed by atoms with Gasteiger partial charge in [0.2, 0.25) is 0 Å². The summed E-state index contributed by atoms with van der Waals surface area (Å²) in [5, 5.41) is 0. The van der Waals surface area contributed by atoms with Crippen molar-refractivity contribution >= 4 is 101 Å². The van der Waals surface area contributed by atoms with Gasteiger partial charge in [-0.05, 0) is 119 Å². The third-order valence-electron chi connectivity index (χ3n) is 11.1. The quantitative estimate of drug-likeness (QED) is 0.0851. The van der Waals surface area contributed by atoms with Crippen LogP contribution < -0.4 is 0 Å². The van der Waals surface area contributed by atoms with Crippen LogP contribution in [0.25, 0.3) is 90.9 Å². The van der Waals surface area contributed by atoms with Gasteiger partial charge in [0.25, 0.3) is 0 Å². The molecule has 0 saturated carbocycles. The molecule has 0 unspecified atom stereocenters. The van der Waals surface area contributed by atoms with Crippen LogP contribution in [0.15, 0.2) is 121 Å². The molecule has 0 saturated heterocycles. The molecule has 0 fully saturated rings. The number of hydrogen-bond acceptors (Lipinski definition) is 10. The van der Waals surface area contributed by atoms with Gasteiger partial charge in [-0.15, -0.1) is 0 Å². The van der Waals surface area contributed by atoms with E-state index in [9.17, 15) is 19.2 Å². The Bertz CT molecular complexity index is 2900. The van der Waals surface area contributed by atoms with Crippen molar-refractivity contribution < 1.29 is 49.3 Å². The Hall–Kier alpha value is -7.25. The SMILES string of the molecule is COC(=O)c1ccc(-c2c3nc(c(-c4ccc(C(=O)OC)cc4)c4ccc([nH]4)c(-c4ccc(C(=O)OC)cc4)c4nc(c(-c5ccc(C(=O)OC)cc5)c5ccc2[nH]5)C=C4)C=C3)cc1.[Cl][Fe]([Cl])[Cl]. The number of H-pyrrole nitrogens is 2. The van der Waals surface area contributed by atoms with E-state index in [1.807, 2.05) is 97.1 Å². The van der Waals surface area contributed by atoms with Crippen molar-refractivity contribution in [3.05, 3.63) is 166 Å². The van der Waals surface area contributed by atoms with E-state index >= 15 is 0 Å². The molecule has 7 aromatic rings. The topological polar surface area (TPSA) is 163 Å². The Labute approximate surface area is 406 Å². The average molecular weight is 1010 g/mol. The first kappa shape index (κ1) is 47.2. The van der Waals surface area contributed by atoms with Crippen molar-refractivity contribution in [1.29, 1.82) is 0 Å². The van der Waals surface area contributed by atoms with Crippen LogP contribution >= 0.6 is 30.3 Å². The predicted molar refractivity (Wildman–Crippen MR) is 264 cm³/mol. The molecule has 343 valence electrons. The molecule has 0 aliphatic carbocycles. The first-order valence-electron chi connectivity index (χ1n) is 20.5. The first-order chi connectivity index (χ1) is 32.9. The summed E-state index contributed by atoms with van der Waals surface area (Å²) in [6.45, 7) is 0. The molecule has 0 atom stereocenters. The van der Waals surface area contributed by atoms with Gasteiger partial charge in [-0.1, -0.05) is 48.5 Å². The number of aromatic nitrogens is 4. The molecule has 2 N–H and O–H groups in total. The molecule has 3 aromatic heterocycles. The summed E-state index contributed by atoms with van der Waals surface area (Å²) in [7, 11) is 20.0. The molecule has 0 amide bonds. The maximum atomic E-state index is 12.5. The number of fused-ring (bicyclic) bond motifs is 8. The van der Waals surface area contributed by atoms with Crippen molar-refractivity contribution in [2.75, 3.05) is 28.4 Å². The molecule has 4 aromatic carbocycles. The predicted octanol–water partition coefficient (Wildman–Crippen LogP) is 12.5. The summed E-state index contributed by atoms with van der Waals surface area (Å²) < 4.78 is 19.9. The Balaban J connectivity index is 0.00000150. The van der Waals surface area contributed by atoms with E-state index in [4.69, 9.17) is 59.2 Å². The van der Waals surface area contributed by atoms with Crippen molar-refractivity contribution in [3.63, 3.8) is 0 Å². The maximum absolute atomic E-state index is 12.5. The van der Waals surface area contributed by atoms with Crippen LogP contribution in [0.3, 0.4) is 0 Å². The summed E-state index contributed by atoms with van der Waals surface area (Å²) in [5.41, 5.74) is 13.3. The zero-order valence-corrected chi connectivity index (χ0v) is 39.9. The number of nitrogens with zero attached hydrogens (tertiary/aromatic N) is 2. The number of carbonyl (C=O) groups excluding carboxylic acids is 4. The molecule has 2 aliphatic heterocycles. The second-order valence-corrected chi connectivity index (χ2v) is 20.4. The number of methoxy groups -OCH3 is 4. The second kappa shape index (κ2) is 20.7. The zero-order chi connectivity index (χ0) is 48.1. The van der Waals surface area contributed by atoms with E-state index in [2.05, 4.69) is 9.97 Å². The molecular formula is C52H38Cl3FeN4O8. The van der Waals surface area contributed by atoms with Gasteiger partial charge in [0.15, 0.2) is 0 Å². The van der Waals surface area contributed by atoms with Crippen molar-refractivity contribution in [1.82, 2.24) is 19.9 Å². The van der Waals surface area contributed by atoms with Crippen LogP contribution in [0.1, 0.15) is 64.2 Å². The average Bonchev–Trinajstić information content (AvgIpc) is 4.22. The molecule has 5 heterocycles. The fourth-order valence-corrected chi connectivity index (χ4v) is 7.98. The van der Waals surface area contributed by atoms with E-state index in [1.54, 1.807) is 48.5 Å². The Morgan fingerprint density at radius 2 is 0.559 bits per heavy atom. The zero-order valence-electron chi connectivity index (χ0n) is 36.5. The third-order valence-corrected chi connectivity index (χ3v) is 11.1. The number of benzene rings is 4. The minimum atomic E-state index is -1.33.